The molecule has 0 aromatic heterocycles. The third kappa shape index (κ3) is 14.0. The highest BCUT2D eigenvalue weighted by molar-refractivity contribution is 5.79. The summed E-state index contributed by atoms with van der Waals surface area (Å²) in [7, 11) is 0. The molecule has 0 fully saturated rings. The molecular formula is C18H36N4O6. The van der Waals surface area contributed by atoms with E-state index in [1.807, 2.05) is 0 Å². The first-order valence-corrected chi connectivity index (χ1v) is 9.33. The lowest BCUT2D eigenvalue weighted by Gasteiger charge is -2.24. The minimum Gasteiger partial charge on any atom is -0.444 e. The van der Waals surface area contributed by atoms with Gasteiger partial charge in [0.2, 0.25) is 5.91 Å². The third-order valence-electron chi connectivity index (χ3n) is 3.23. The predicted octanol–water partition coefficient (Wildman–Crippen LogP) is 0.620. The molecule has 6 N–H and O–H groups in total. The maximum atomic E-state index is 11.7. The van der Waals surface area contributed by atoms with Gasteiger partial charge in [-0.25, -0.2) is 9.59 Å². The number of carbonyl (C=O) groups excluding carboxylic acids is 3. The van der Waals surface area contributed by atoms with Crippen LogP contribution in [0.2, 0.25) is 0 Å². The summed E-state index contributed by atoms with van der Waals surface area (Å²) in [5.41, 5.74) is 4.17. The molecule has 0 radical (unpaired) electrons. The number of amides is 3. The van der Waals surface area contributed by atoms with E-state index in [0.717, 1.165) is 0 Å². The van der Waals surface area contributed by atoms with Gasteiger partial charge in [0.25, 0.3) is 0 Å². The van der Waals surface area contributed by atoms with Crippen molar-refractivity contribution in [2.24, 2.45) is 5.73 Å². The topological polar surface area (TPSA) is 152 Å². The third-order valence-corrected chi connectivity index (χ3v) is 3.23. The molecule has 0 unspecified atom stereocenters. The first-order valence-electron chi connectivity index (χ1n) is 9.33. The van der Waals surface area contributed by atoms with Gasteiger partial charge in [-0.1, -0.05) is 0 Å². The summed E-state index contributed by atoms with van der Waals surface area (Å²) in [5, 5.41) is 17.5. The van der Waals surface area contributed by atoms with E-state index in [-0.39, 0.29) is 13.2 Å². The van der Waals surface area contributed by atoms with E-state index in [1.54, 1.807) is 41.5 Å². The van der Waals surface area contributed by atoms with Gasteiger partial charge in [0.05, 0.1) is 12.6 Å². The second-order valence-corrected chi connectivity index (χ2v) is 8.45. The largest absolute Gasteiger partial charge is 0.444 e. The van der Waals surface area contributed by atoms with Crippen molar-refractivity contribution >= 4 is 18.1 Å². The van der Waals surface area contributed by atoms with Crippen LogP contribution in [0.4, 0.5) is 9.59 Å². The lowest BCUT2D eigenvalue weighted by Crippen LogP contribution is -2.52. The van der Waals surface area contributed by atoms with Crippen molar-refractivity contribution in [2.75, 3.05) is 19.7 Å². The number of alkyl carbamates (subject to hydrolysis) is 2. The van der Waals surface area contributed by atoms with Crippen molar-refractivity contribution in [3.8, 4) is 0 Å². The summed E-state index contributed by atoms with van der Waals surface area (Å²) in [6, 6.07) is -1.30. The van der Waals surface area contributed by atoms with Crippen LogP contribution in [0.1, 0.15) is 54.4 Å². The maximum absolute atomic E-state index is 11.7. The number of hydrogen-bond donors (Lipinski definition) is 5. The highest BCUT2D eigenvalue weighted by Crippen LogP contribution is 2.07. The van der Waals surface area contributed by atoms with Crippen molar-refractivity contribution in [1.29, 1.82) is 0 Å². The second-order valence-electron chi connectivity index (χ2n) is 8.45. The van der Waals surface area contributed by atoms with Gasteiger partial charge in [-0.3, -0.25) is 10.1 Å². The fraction of sp³-hybridized carbons (Fsp3) is 0.833. The highest BCUT2D eigenvalue weighted by Gasteiger charge is 2.22. The molecule has 0 saturated heterocycles. The molecule has 0 bridgehead atoms. The summed E-state index contributed by atoms with van der Waals surface area (Å²) in [6.07, 6.45) is -0.346. The zero-order chi connectivity index (χ0) is 22.0. The van der Waals surface area contributed by atoms with E-state index in [4.69, 9.17) is 15.2 Å². The summed E-state index contributed by atoms with van der Waals surface area (Å²) >= 11 is 0. The molecule has 0 aromatic rings. The molecule has 10 nitrogen and oxygen atoms in total. The standard InChI is InChI=1S/C18H36N4O6/c1-17(2,3)27-15(25)20-9-7-8-13(14(19)24)22-12(11-23)10-21-16(26)28-18(4,5)6/h12-13,22-23H,7-11H2,1-6H3,(H2,19,24)(H,20,25)(H,21,26)/t12-,13-/m0/s1. The van der Waals surface area contributed by atoms with Gasteiger partial charge < -0.3 is 30.9 Å². The molecule has 0 aromatic carbocycles. The second kappa shape index (κ2) is 11.7. The van der Waals surface area contributed by atoms with Crippen molar-refractivity contribution in [2.45, 2.75) is 77.7 Å². The first kappa shape index (κ1) is 25.9. The van der Waals surface area contributed by atoms with Crippen LogP contribution in [0.15, 0.2) is 0 Å². The normalized spacial score (nSPS) is 14.0. The van der Waals surface area contributed by atoms with Crippen LogP contribution in [-0.4, -0.2) is 66.2 Å². The molecule has 2 atom stereocenters. The minimum absolute atomic E-state index is 0.0609. The first-order chi connectivity index (χ1) is 12.7. The smallest absolute Gasteiger partial charge is 0.407 e. The summed E-state index contributed by atoms with van der Waals surface area (Å²) in [5.74, 6) is -0.590. The number of carbonyl (C=O) groups is 3. The Morgan fingerprint density at radius 1 is 0.964 bits per heavy atom. The van der Waals surface area contributed by atoms with E-state index in [1.165, 1.54) is 0 Å². The number of primary amides is 1. The molecule has 0 aliphatic carbocycles. The molecule has 0 spiro atoms. The van der Waals surface area contributed by atoms with E-state index >= 15 is 0 Å². The van der Waals surface area contributed by atoms with E-state index in [0.29, 0.717) is 19.4 Å². The molecule has 0 rings (SSSR count). The van der Waals surface area contributed by atoms with Crippen LogP contribution in [0.25, 0.3) is 0 Å². The monoisotopic (exact) mass is 404 g/mol. The molecule has 0 aliphatic heterocycles. The number of ether oxygens (including phenoxy) is 2. The molecule has 10 heteroatoms. The van der Waals surface area contributed by atoms with Gasteiger partial charge in [0.1, 0.15) is 11.2 Å². The Morgan fingerprint density at radius 2 is 1.46 bits per heavy atom. The van der Waals surface area contributed by atoms with Crippen LogP contribution in [0.5, 0.6) is 0 Å². The van der Waals surface area contributed by atoms with Crippen LogP contribution in [-0.2, 0) is 14.3 Å². The molecule has 3 amide bonds. The lowest BCUT2D eigenvalue weighted by molar-refractivity contribution is -0.120. The zero-order valence-electron chi connectivity index (χ0n) is 17.8. The molecular weight excluding hydrogens is 368 g/mol. The number of aliphatic hydroxyl groups excluding tert-OH is 1. The molecule has 164 valence electrons. The van der Waals surface area contributed by atoms with Crippen LogP contribution in [0.3, 0.4) is 0 Å². The molecule has 0 saturated carbocycles. The van der Waals surface area contributed by atoms with Crippen LogP contribution >= 0.6 is 0 Å². The fourth-order valence-electron chi connectivity index (χ4n) is 2.10. The Kier molecular flexibility index (Phi) is 10.8. The minimum atomic E-state index is -0.724. The number of hydrogen-bond acceptors (Lipinski definition) is 7. The van der Waals surface area contributed by atoms with Gasteiger partial charge in [-0.05, 0) is 54.4 Å². The number of nitrogens with two attached hydrogens (primary N) is 1. The van der Waals surface area contributed by atoms with E-state index in [2.05, 4.69) is 16.0 Å². The molecule has 0 aliphatic rings. The quantitative estimate of drug-likeness (QED) is 0.335. The predicted molar refractivity (Wildman–Crippen MR) is 105 cm³/mol. The Hall–Kier alpha value is -2.07. The Balaban J connectivity index is 4.37. The maximum Gasteiger partial charge on any atom is 0.407 e. The highest BCUT2D eigenvalue weighted by atomic mass is 16.6. The Bertz CT molecular complexity index is 513. The number of nitrogens with one attached hydrogen (secondary N) is 3. The van der Waals surface area contributed by atoms with Gasteiger partial charge in [0, 0.05) is 19.1 Å². The van der Waals surface area contributed by atoms with Crippen molar-refractivity contribution in [3.63, 3.8) is 0 Å². The van der Waals surface area contributed by atoms with Gasteiger partial charge in [-0.2, -0.15) is 0 Å². The van der Waals surface area contributed by atoms with Gasteiger partial charge >= 0.3 is 12.2 Å². The Labute approximate surface area is 166 Å². The SMILES string of the molecule is CC(C)(C)OC(=O)NCCC[C@H](N[C@H](CO)CNC(=O)OC(C)(C)C)C(N)=O. The molecule has 0 heterocycles. The summed E-state index contributed by atoms with van der Waals surface area (Å²) in [4.78, 5) is 34.9. The Morgan fingerprint density at radius 3 is 1.89 bits per heavy atom. The fourth-order valence-corrected chi connectivity index (χ4v) is 2.10. The molecule has 28 heavy (non-hydrogen) atoms. The summed E-state index contributed by atoms with van der Waals surface area (Å²) < 4.78 is 10.2. The van der Waals surface area contributed by atoms with Gasteiger partial charge in [0.15, 0.2) is 0 Å². The summed E-state index contributed by atoms with van der Waals surface area (Å²) in [6.45, 7) is 10.6. The van der Waals surface area contributed by atoms with Crippen molar-refractivity contribution < 1.29 is 29.0 Å². The average molecular weight is 405 g/mol. The lowest BCUT2D eigenvalue weighted by atomic mass is 10.1. The van der Waals surface area contributed by atoms with Crippen LogP contribution < -0.4 is 21.7 Å². The van der Waals surface area contributed by atoms with Crippen molar-refractivity contribution in [3.05, 3.63) is 0 Å². The van der Waals surface area contributed by atoms with E-state index < -0.39 is 41.4 Å². The van der Waals surface area contributed by atoms with Crippen molar-refractivity contribution in [1.82, 2.24) is 16.0 Å². The van der Waals surface area contributed by atoms with Crippen LogP contribution in [0, 0.1) is 0 Å². The average Bonchev–Trinajstić information content (AvgIpc) is 2.49. The number of aliphatic hydroxyl groups is 1. The zero-order valence-corrected chi connectivity index (χ0v) is 17.8. The number of rotatable bonds is 10. The van der Waals surface area contributed by atoms with E-state index in [9.17, 15) is 19.5 Å². The van der Waals surface area contributed by atoms with Gasteiger partial charge in [-0.15, -0.1) is 0 Å².